The maximum absolute atomic E-state index is 12.3. The van der Waals surface area contributed by atoms with Gasteiger partial charge in [0, 0.05) is 43.9 Å². The third-order valence-electron chi connectivity index (χ3n) is 4.27. The number of nitro benzene ring substituents is 1. The summed E-state index contributed by atoms with van der Waals surface area (Å²) in [6.45, 7) is 2.84. The molecule has 2 aliphatic rings. The third kappa shape index (κ3) is 3.40. The van der Waals surface area contributed by atoms with Crippen LogP contribution in [0, 0.1) is 10.1 Å². The molecule has 1 aromatic carbocycles. The van der Waals surface area contributed by atoms with E-state index < -0.39 is 4.92 Å². The zero-order chi connectivity index (χ0) is 16.4. The topological polar surface area (TPSA) is 75.9 Å². The number of benzene rings is 1. The number of nitro groups is 1. The van der Waals surface area contributed by atoms with E-state index in [0.717, 1.165) is 12.8 Å². The van der Waals surface area contributed by atoms with Crippen molar-refractivity contribution in [3.63, 3.8) is 0 Å². The molecule has 1 aromatic rings. The second-order valence-corrected chi connectivity index (χ2v) is 6.14. The number of carbonyl (C=O) groups excluding carboxylic acids is 1. The smallest absolute Gasteiger partial charge is 0.294 e. The van der Waals surface area contributed by atoms with Gasteiger partial charge in [0.05, 0.1) is 4.92 Å². The van der Waals surface area contributed by atoms with Gasteiger partial charge in [-0.2, -0.15) is 0 Å². The Bertz CT molecular complexity index is 611. The van der Waals surface area contributed by atoms with Gasteiger partial charge < -0.3 is 14.5 Å². The minimum absolute atomic E-state index is 0.00333. The summed E-state index contributed by atoms with van der Waals surface area (Å²) in [6.07, 6.45) is 1.39. The average molecular weight is 340 g/mol. The summed E-state index contributed by atoms with van der Waals surface area (Å²) >= 11 is 5.85. The second-order valence-electron chi connectivity index (χ2n) is 5.70. The molecule has 8 heteroatoms. The van der Waals surface area contributed by atoms with Crippen LogP contribution in [0.1, 0.15) is 12.8 Å². The van der Waals surface area contributed by atoms with Crippen LogP contribution in [-0.4, -0.2) is 54.6 Å². The van der Waals surface area contributed by atoms with Crippen LogP contribution >= 0.6 is 11.6 Å². The molecule has 2 heterocycles. The van der Waals surface area contributed by atoms with Crippen LogP contribution in [0.15, 0.2) is 18.2 Å². The van der Waals surface area contributed by atoms with Crippen molar-refractivity contribution in [2.24, 2.45) is 0 Å². The molecule has 1 unspecified atom stereocenters. The Labute approximate surface area is 138 Å². The predicted molar refractivity (Wildman–Crippen MR) is 85.9 cm³/mol. The monoisotopic (exact) mass is 339 g/mol. The molecule has 0 N–H and O–H groups in total. The molecule has 2 saturated heterocycles. The van der Waals surface area contributed by atoms with E-state index in [4.69, 9.17) is 16.3 Å². The number of hydrogen-bond donors (Lipinski definition) is 0. The van der Waals surface area contributed by atoms with E-state index in [9.17, 15) is 14.9 Å². The van der Waals surface area contributed by atoms with Crippen molar-refractivity contribution in [3.05, 3.63) is 33.3 Å². The number of halogens is 1. The molecule has 23 heavy (non-hydrogen) atoms. The lowest BCUT2D eigenvalue weighted by molar-refractivity contribution is -0.384. The van der Waals surface area contributed by atoms with E-state index >= 15 is 0 Å². The maximum Gasteiger partial charge on any atom is 0.294 e. The Morgan fingerprint density at radius 2 is 2.04 bits per heavy atom. The van der Waals surface area contributed by atoms with Gasteiger partial charge in [0.2, 0.25) is 0 Å². The van der Waals surface area contributed by atoms with Crippen LogP contribution in [0.2, 0.25) is 5.02 Å². The Balaban J connectivity index is 1.67. The summed E-state index contributed by atoms with van der Waals surface area (Å²) < 4.78 is 5.43. The highest BCUT2D eigenvalue weighted by molar-refractivity contribution is 6.30. The number of carbonyl (C=O) groups is 1. The lowest BCUT2D eigenvalue weighted by atomic mass is 10.2. The molecule has 7 nitrogen and oxygen atoms in total. The molecule has 0 bridgehead atoms. The number of nitrogens with zero attached hydrogens (tertiary/aromatic N) is 3. The lowest BCUT2D eigenvalue weighted by Crippen LogP contribution is -2.51. The second kappa shape index (κ2) is 6.72. The summed E-state index contributed by atoms with van der Waals surface area (Å²) in [5, 5.41) is 11.5. The number of anilines is 1. The highest BCUT2D eigenvalue weighted by Gasteiger charge is 2.31. The molecule has 0 aliphatic carbocycles. The quantitative estimate of drug-likeness (QED) is 0.622. The van der Waals surface area contributed by atoms with Crippen molar-refractivity contribution in [2.45, 2.75) is 18.9 Å². The Kier molecular flexibility index (Phi) is 4.68. The van der Waals surface area contributed by atoms with Crippen molar-refractivity contribution >= 4 is 28.9 Å². The van der Waals surface area contributed by atoms with Gasteiger partial charge in [0.25, 0.3) is 11.6 Å². The number of amides is 1. The summed E-state index contributed by atoms with van der Waals surface area (Å²) in [5.74, 6) is 0.0350. The van der Waals surface area contributed by atoms with Gasteiger partial charge in [-0.05, 0) is 25.0 Å². The molecule has 0 aromatic heterocycles. The summed E-state index contributed by atoms with van der Waals surface area (Å²) in [6, 6.07) is 4.67. The van der Waals surface area contributed by atoms with Crippen LogP contribution in [0.4, 0.5) is 11.4 Å². The molecule has 2 aliphatic heterocycles. The molecular formula is C15H18ClN3O4. The van der Waals surface area contributed by atoms with E-state index in [-0.39, 0.29) is 17.7 Å². The normalized spacial score (nSPS) is 21.5. The van der Waals surface area contributed by atoms with Crippen molar-refractivity contribution in [1.82, 2.24) is 4.90 Å². The zero-order valence-electron chi connectivity index (χ0n) is 12.6. The van der Waals surface area contributed by atoms with Gasteiger partial charge in [-0.3, -0.25) is 14.9 Å². The fourth-order valence-electron chi connectivity index (χ4n) is 3.05. The summed E-state index contributed by atoms with van der Waals surface area (Å²) in [4.78, 5) is 26.8. The minimum Gasteiger partial charge on any atom is -0.368 e. The van der Waals surface area contributed by atoms with E-state index in [0.29, 0.717) is 43.5 Å². The molecule has 1 amide bonds. The summed E-state index contributed by atoms with van der Waals surface area (Å²) in [5.41, 5.74) is 0.542. The highest BCUT2D eigenvalue weighted by Crippen LogP contribution is 2.31. The standard InChI is InChI=1S/C15H18ClN3O4/c16-11-3-4-12(13(10-11)19(21)22)17-5-7-18(8-6-17)15(20)14-2-1-9-23-14/h3-4,10,14H,1-2,5-9H2. The average Bonchev–Trinajstić information content (AvgIpc) is 3.09. The molecule has 0 saturated carbocycles. The molecule has 124 valence electrons. The highest BCUT2D eigenvalue weighted by atomic mass is 35.5. The predicted octanol–water partition coefficient (Wildman–Crippen LogP) is 2.08. The first-order valence-corrected chi connectivity index (χ1v) is 8.03. The Morgan fingerprint density at radius 3 is 2.65 bits per heavy atom. The first-order valence-electron chi connectivity index (χ1n) is 7.65. The Morgan fingerprint density at radius 1 is 1.30 bits per heavy atom. The molecule has 0 radical (unpaired) electrons. The van der Waals surface area contributed by atoms with Crippen molar-refractivity contribution in [2.75, 3.05) is 37.7 Å². The van der Waals surface area contributed by atoms with Gasteiger partial charge in [0.15, 0.2) is 0 Å². The first-order chi connectivity index (χ1) is 11.1. The fraction of sp³-hybridized carbons (Fsp3) is 0.533. The third-order valence-corrected chi connectivity index (χ3v) is 4.51. The van der Waals surface area contributed by atoms with Gasteiger partial charge >= 0.3 is 0 Å². The van der Waals surface area contributed by atoms with E-state index in [1.165, 1.54) is 6.07 Å². The molecule has 0 spiro atoms. The van der Waals surface area contributed by atoms with Crippen LogP contribution in [0.3, 0.4) is 0 Å². The van der Waals surface area contributed by atoms with Gasteiger partial charge in [-0.1, -0.05) is 11.6 Å². The number of ether oxygens (including phenoxy) is 1. The Hall–Kier alpha value is -1.86. The van der Waals surface area contributed by atoms with Crippen molar-refractivity contribution in [3.8, 4) is 0 Å². The van der Waals surface area contributed by atoms with Crippen LogP contribution in [0.25, 0.3) is 0 Å². The van der Waals surface area contributed by atoms with Crippen LogP contribution < -0.4 is 4.90 Å². The largest absolute Gasteiger partial charge is 0.368 e. The molecule has 2 fully saturated rings. The number of rotatable bonds is 3. The van der Waals surface area contributed by atoms with Crippen LogP contribution in [-0.2, 0) is 9.53 Å². The van der Waals surface area contributed by atoms with Crippen molar-refractivity contribution in [1.29, 1.82) is 0 Å². The molecule has 3 rings (SSSR count). The van der Waals surface area contributed by atoms with Gasteiger partial charge in [-0.25, -0.2) is 0 Å². The van der Waals surface area contributed by atoms with Crippen molar-refractivity contribution < 1.29 is 14.5 Å². The fourth-order valence-corrected chi connectivity index (χ4v) is 3.22. The van der Waals surface area contributed by atoms with Crippen LogP contribution in [0.5, 0.6) is 0 Å². The SMILES string of the molecule is O=C(C1CCCO1)N1CCN(c2ccc(Cl)cc2[N+](=O)[O-])CC1. The maximum atomic E-state index is 12.3. The lowest BCUT2D eigenvalue weighted by Gasteiger charge is -2.36. The van der Waals surface area contributed by atoms with E-state index in [2.05, 4.69) is 0 Å². The number of hydrogen-bond acceptors (Lipinski definition) is 5. The first kappa shape index (κ1) is 16.0. The van der Waals surface area contributed by atoms with E-state index in [1.807, 2.05) is 4.90 Å². The van der Waals surface area contributed by atoms with E-state index in [1.54, 1.807) is 17.0 Å². The number of piperazine rings is 1. The minimum atomic E-state index is -0.425. The molecule has 1 atom stereocenters. The summed E-state index contributed by atoms with van der Waals surface area (Å²) in [7, 11) is 0. The molecular weight excluding hydrogens is 322 g/mol. The van der Waals surface area contributed by atoms with Gasteiger partial charge in [0.1, 0.15) is 11.8 Å². The van der Waals surface area contributed by atoms with Gasteiger partial charge in [-0.15, -0.1) is 0 Å². The zero-order valence-corrected chi connectivity index (χ0v) is 13.4.